The number of rotatable bonds is 3. The molecule has 1 saturated heterocycles. The van der Waals surface area contributed by atoms with Gasteiger partial charge in [0.2, 0.25) is 11.8 Å². The first kappa shape index (κ1) is 16.4. The summed E-state index contributed by atoms with van der Waals surface area (Å²) in [7, 11) is 0. The summed E-state index contributed by atoms with van der Waals surface area (Å²) >= 11 is 3.15. The van der Waals surface area contributed by atoms with Gasteiger partial charge in [-0.25, -0.2) is 4.98 Å². The first-order chi connectivity index (χ1) is 12.2. The van der Waals surface area contributed by atoms with Crippen LogP contribution in [0.5, 0.6) is 0 Å². The molecule has 0 atom stereocenters. The highest BCUT2D eigenvalue weighted by Gasteiger charge is 2.29. The SMILES string of the molecule is O=C(CN1C(=O)CSc2ccccc21)N1CCN(c2nccs2)CC1. The van der Waals surface area contributed by atoms with Crippen LogP contribution in [0.1, 0.15) is 0 Å². The third kappa shape index (κ3) is 3.36. The van der Waals surface area contributed by atoms with Crippen molar-refractivity contribution in [3.05, 3.63) is 35.8 Å². The van der Waals surface area contributed by atoms with Gasteiger partial charge >= 0.3 is 0 Å². The van der Waals surface area contributed by atoms with Crippen molar-refractivity contribution < 1.29 is 9.59 Å². The quantitative estimate of drug-likeness (QED) is 0.822. The molecule has 1 aromatic heterocycles. The molecule has 0 spiro atoms. The van der Waals surface area contributed by atoms with Crippen molar-refractivity contribution in [2.24, 2.45) is 0 Å². The van der Waals surface area contributed by atoms with Crippen molar-refractivity contribution in [1.29, 1.82) is 0 Å². The third-order valence-corrected chi connectivity index (χ3v) is 6.30. The van der Waals surface area contributed by atoms with Crippen LogP contribution < -0.4 is 9.80 Å². The van der Waals surface area contributed by atoms with E-state index >= 15 is 0 Å². The Balaban J connectivity index is 1.40. The van der Waals surface area contributed by atoms with Crippen molar-refractivity contribution in [3.8, 4) is 0 Å². The highest BCUT2D eigenvalue weighted by molar-refractivity contribution is 8.00. The smallest absolute Gasteiger partial charge is 0.242 e. The number of hydrogen-bond acceptors (Lipinski definition) is 6. The van der Waals surface area contributed by atoms with E-state index in [1.165, 1.54) is 11.8 Å². The zero-order chi connectivity index (χ0) is 17.2. The van der Waals surface area contributed by atoms with Gasteiger partial charge in [0.15, 0.2) is 5.13 Å². The van der Waals surface area contributed by atoms with Crippen LogP contribution >= 0.6 is 23.1 Å². The number of piperazine rings is 1. The monoisotopic (exact) mass is 374 g/mol. The van der Waals surface area contributed by atoms with Crippen molar-refractivity contribution in [2.75, 3.05) is 48.3 Å². The predicted octanol–water partition coefficient (Wildman–Crippen LogP) is 1.93. The number of hydrogen-bond donors (Lipinski definition) is 0. The number of thioether (sulfide) groups is 1. The molecule has 1 aromatic carbocycles. The number of para-hydroxylation sites is 1. The van der Waals surface area contributed by atoms with E-state index in [2.05, 4.69) is 9.88 Å². The van der Waals surface area contributed by atoms with Crippen LogP contribution in [-0.2, 0) is 9.59 Å². The van der Waals surface area contributed by atoms with E-state index in [4.69, 9.17) is 0 Å². The van der Waals surface area contributed by atoms with Gasteiger partial charge in [0.1, 0.15) is 6.54 Å². The number of thiazole rings is 1. The molecule has 0 radical (unpaired) electrons. The molecule has 3 heterocycles. The molecule has 2 amide bonds. The Morgan fingerprint density at radius 1 is 1.16 bits per heavy atom. The minimum absolute atomic E-state index is 0.00142. The minimum Gasteiger partial charge on any atom is -0.345 e. The molecule has 8 heteroatoms. The van der Waals surface area contributed by atoms with Gasteiger partial charge in [0.05, 0.1) is 11.4 Å². The zero-order valence-corrected chi connectivity index (χ0v) is 15.3. The second-order valence-electron chi connectivity index (χ2n) is 5.92. The fraction of sp³-hybridized carbons (Fsp3) is 0.353. The summed E-state index contributed by atoms with van der Waals surface area (Å²) in [6.45, 7) is 3.00. The van der Waals surface area contributed by atoms with Gasteiger partial charge in [-0.05, 0) is 12.1 Å². The van der Waals surface area contributed by atoms with Crippen molar-refractivity contribution in [1.82, 2.24) is 9.88 Å². The lowest BCUT2D eigenvalue weighted by atomic mass is 10.2. The lowest BCUT2D eigenvalue weighted by Gasteiger charge is -2.36. The van der Waals surface area contributed by atoms with Gasteiger partial charge in [-0.1, -0.05) is 12.1 Å². The molecule has 6 nitrogen and oxygen atoms in total. The lowest BCUT2D eigenvalue weighted by molar-refractivity contribution is -0.131. The number of anilines is 2. The Morgan fingerprint density at radius 3 is 2.72 bits per heavy atom. The second-order valence-corrected chi connectivity index (χ2v) is 7.81. The Labute approximate surface area is 154 Å². The van der Waals surface area contributed by atoms with Crippen molar-refractivity contribution in [2.45, 2.75) is 4.90 Å². The summed E-state index contributed by atoms with van der Waals surface area (Å²) in [6, 6.07) is 7.77. The van der Waals surface area contributed by atoms with E-state index in [1.54, 1.807) is 22.4 Å². The standard InChI is InChI=1S/C17H18N4O2S2/c22-15(19-6-8-20(9-7-19)17-18-5-10-24-17)11-21-13-3-1-2-4-14(13)25-12-16(21)23/h1-5,10H,6-9,11-12H2. The van der Waals surface area contributed by atoms with Crippen LogP contribution in [0, 0.1) is 0 Å². The maximum Gasteiger partial charge on any atom is 0.242 e. The van der Waals surface area contributed by atoms with Crippen LogP contribution in [0.3, 0.4) is 0 Å². The van der Waals surface area contributed by atoms with Gasteiger partial charge in [-0.3, -0.25) is 9.59 Å². The average molecular weight is 374 g/mol. The summed E-state index contributed by atoms with van der Waals surface area (Å²) < 4.78 is 0. The van der Waals surface area contributed by atoms with E-state index in [0.717, 1.165) is 28.8 Å². The summed E-state index contributed by atoms with van der Waals surface area (Å²) in [6.07, 6.45) is 1.80. The fourth-order valence-corrected chi connectivity index (χ4v) is 4.71. The summed E-state index contributed by atoms with van der Waals surface area (Å²) in [5, 5.41) is 2.97. The summed E-state index contributed by atoms with van der Waals surface area (Å²) in [4.78, 5) is 36.1. The largest absolute Gasteiger partial charge is 0.345 e. The average Bonchev–Trinajstić information content (AvgIpc) is 3.19. The number of amides is 2. The summed E-state index contributed by atoms with van der Waals surface area (Å²) in [5.41, 5.74) is 0.846. The van der Waals surface area contributed by atoms with Crippen LogP contribution in [0.4, 0.5) is 10.8 Å². The first-order valence-electron chi connectivity index (χ1n) is 8.17. The van der Waals surface area contributed by atoms with E-state index in [0.29, 0.717) is 18.8 Å². The highest BCUT2D eigenvalue weighted by atomic mass is 32.2. The molecule has 2 aromatic rings. The molecule has 2 aliphatic heterocycles. The van der Waals surface area contributed by atoms with Crippen LogP contribution in [0.25, 0.3) is 0 Å². The third-order valence-electron chi connectivity index (χ3n) is 4.42. The predicted molar refractivity (Wildman–Crippen MR) is 100 cm³/mol. The van der Waals surface area contributed by atoms with Gasteiger partial charge in [-0.2, -0.15) is 0 Å². The number of benzene rings is 1. The van der Waals surface area contributed by atoms with E-state index in [1.807, 2.05) is 34.5 Å². The molecule has 0 bridgehead atoms. The molecule has 0 N–H and O–H groups in total. The molecule has 130 valence electrons. The minimum atomic E-state index is -0.00142. The molecule has 25 heavy (non-hydrogen) atoms. The first-order valence-corrected chi connectivity index (χ1v) is 10.0. The number of carbonyl (C=O) groups excluding carboxylic acids is 2. The highest BCUT2D eigenvalue weighted by Crippen LogP contribution is 2.34. The van der Waals surface area contributed by atoms with Crippen LogP contribution in [0.15, 0.2) is 40.7 Å². The number of nitrogens with zero attached hydrogens (tertiary/aromatic N) is 4. The van der Waals surface area contributed by atoms with Crippen molar-refractivity contribution in [3.63, 3.8) is 0 Å². The van der Waals surface area contributed by atoms with Crippen molar-refractivity contribution >= 4 is 45.7 Å². The lowest BCUT2D eigenvalue weighted by Crippen LogP contribution is -2.52. The number of aromatic nitrogens is 1. The molecule has 1 fully saturated rings. The topological polar surface area (TPSA) is 56.8 Å². The molecular formula is C17H18N4O2S2. The summed E-state index contributed by atoms with van der Waals surface area (Å²) in [5.74, 6) is 0.398. The van der Waals surface area contributed by atoms with E-state index in [9.17, 15) is 9.59 Å². The van der Waals surface area contributed by atoms with Crippen LogP contribution in [-0.4, -0.2) is 60.2 Å². The van der Waals surface area contributed by atoms with Gasteiger partial charge in [0.25, 0.3) is 0 Å². The molecule has 4 rings (SSSR count). The van der Waals surface area contributed by atoms with Gasteiger partial charge < -0.3 is 14.7 Å². The molecule has 0 aliphatic carbocycles. The van der Waals surface area contributed by atoms with E-state index < -0.39 is 0 Å². The normalized spacial score (nSPS) is 17.6. The maximum atomic E-state index is 12.7. The van der Waals surface area contributed by atoms with Gasteiger partial charge in [-0.15, -0.1) is 23.1 Å². The zero-order valence-electron chi connectivity index (χ0n) is 13.6. The molecular weight excluding hydrogens is 356 g/mol. The van der Waals surface area contributed by atoms with Crippen LogP contribution in [0.2, 0.25) is 0 Å². The second kappa shape index (κ2) is 7.05. The van der Waals surface area contributed by atoms with Gasteiger partial charge in [0, 0.05) is 42.7 Å². The Hall–Kier alpha value is -2.06. The number of fused-ring (bicyclic) bond motifs is 1. The number of carbonyl (C=O) groups is 2. The molecule has 2 aliphatic rings. The fourth-order valence-electron chi connectivity index (χ4n) is 3.08. The maximum absolute atomic E-state index is 12.7. The molecule has 0 saturated carbocycles. The van der Waals surface area contributed by atoms with E-state index in [-0.39, 0.29) is 18.4 Å². The molecule has 0 unspecified atom stereocenters. The Morgan fingerprint density at radius 2 is 1.96 bits per heavy atom. The Bertz CT molecular complexity index is 773. The Kier molecular flexibility index (Phi) is 4.63.